The average molecular weight is 226 g/mol. The lowest BCUT2D eigenvalue weighted by atomic mass is 9.94. The first-order chi connectivity index (χ1) is 7.56. The van der Waals surface area contributed by atoms with Gasteiger partial charge < -0.3 is 14.9 Å². The van der Waals surface area contributed by atoms with Gasteiger partial charge in [0.05, 0.1) is 17.8 Å². The topological polar surface area (TPSA) is 75.4 Å². The highest BCUT2D eigenvalue weighted by molar-refractivity contribution is 5.91. The maximum atomic E-state index is 11.8. The SMILES string of the molecule is CCC(CC)(CO)NC(=O)c1cc(C)no1. The van der Waals surface area contributed by atoms with Gasteiger partial charge in [-0.05, 0) is 19.8 Å². The molecule has 0 spiro atoms. The van der Waals surface area contributed by atoms with Gasteiger partial charge in [-0.25, -0.2) is 0 Å². The van der Waals surface area contributed by atoms with E-state index in [0.29, 0.717) is 18.5 Å². The fourth-order valence-corrected chi connectivity index (χ4v) is 1.46. The van der Waals surface area contributed by atoms with Crippen molar-refractivity contribution in [1.29, 1.82) is 0 Å². The fraction of sp³-hybridized carbons (Fsp3) is 0.636. The first-order valence-corrected chi connectivity index (χ1v) is 5.43. The maximum absolute atomic E-state index is 11.8. The van der Waals surface area contributed by atoms with Gasteiger partial charge in [-0.15, -0.1) is 0 Å². The van der Waals surface area contributed by atoms with Gasteiger partial charge in [0.15, 0.2) is 0 Å². The first kappa shape index (κ1) is 12.7. The normalized spacial score (nSPS) is 11.5. The van der Waals surface area contributed by atoms with Gasteiger partial charge in [0.2, 0.25) is 5.76 Å². The lowest BCUT2D eigenvalue weighted by molar-refractivity contribution is 0.0781. The average Bonchev–Trinajstić information content (AvgIpc) is 2.73. The molecule has 1 aromatic rings. The number of aliphatic hydroxyl groups excluding tert-OH is 1. The number of aliphatic hydroxyl groups is 1. The number of rotatable bonds is 5. The molecule has 0 saturated heterocycles. The van der Waals surface area contributed by atoms with Crippen LogP contribution in [0.2, 0.25) is 0 Å². The van der Waals surface area contributed by atoms with Crippen LogP contribution in [-0.2, 0) is 0 Å². The molecule has 0 fully saturated rings. The standard InChI is InChI=1S/C11H18N2O3/c1-4-11(5-2,7-14)12-10(15)9-6-8(3)13-16-9/h6,14H,4-5,7H2,1-3H3,(H,12,15). The number of aromatic nitrogens is 1. The second-order valence-corrected chi connectivity index (χ2v) is 3.93. The molecule has 1 rings (SSSR count). The van der Waals surface area contributed by atoms with E-state index >= 15 is 0 Å². The van der Waals surface area contributed by atoms with Gasteiger partial charge in [0, 0.05) is 6.07 Å². The highest BCUT2D eigenvalue weighted by Crippen LogP contribution is 2.15. The van der Waals surface area contributed by atoms with Crippen molar-refractivity contribution in [3.05, 3.63) is 17.5 Å². The number of amides is 1. The van der Waals surface area contributed by atoms with E-state index < -0.39 is 5.54 Å². The van der Waals surface area contributed by atoms with Crippen LogP contribution in [-0.4, -0.2) is 28.3 Å². The second-order valence-electron chi connectivity index (χ2n) is 3.93. The van der Waals surface area contributed by atoms with E-state index in [1.54, 1.807) is 13.0 Å². The number of hydrogen-bond donors (Lipinski definition) is 2. The molecule has 0 saturated carbocycles. The molecule has 0 radical (unpaired) electrons. The van der Waals surface area contributed by atoms with Crippen molar-refractivity contribution in [2.75, 3.05) is 6.61 Å². The molecule has 5 heteroatoms. The Morgan fingerprint density at radius 3 is 2.56 bits per heavy atom. The van der Waals surface area contributed by atoms with Crippen molar-refractivity contribution in [2.24, 2.45) is 0 Å². The minimum absolute atomic E-state index is 0.0845. The van der Waals surface area contributed by atoms with Gasteiger partial charge in [0.25, 0.3) is 5.91 Å². The summed E-state index contributed by atoms with van der Waals surface area (Å²) in [6.45, 7) is 5.51. The highest BCUT2D eigenvalue weighted by atomic mass is 16.5. The zero-order valence-corrected chi connectivity index (χ0v) is 9.91. The van der Waals surface area contributed by atoms with Crippen LogP contribution in [0, 0.1) is 6.92 Å². The summed E-state index contributed by atoms with van der Waals surface area (Å²) in [7, 11) is 0. The number of aryl methyl sites for hydroxylation is 1. The molecule has 1 amide bonds. The summed E-state index contributed by atoms with van der Waals surface area (Å²) in [4.78, 5) is 11.8. The molecule has 0 aliphatic rings. The highest BCUT2D eigenvalue weighted by Gasteiger charge is 2.28. The van der Waals surface area contributed by atoms with Crippen LogP contribution in [0.25, 0.3) is 0 Å². The molecule has 16 heavy (non-hydrogen) atoms. The van der Waals surface area contributed by atoms with Crippen LogP contribution in [0.1, 0.15) is 42.9 Å². The Morgan fingerprint density at radius 2 is 2.19 bits per heavy atom. The molecule has 0 bridgehead atoms. The summed E-state index contributed by atoms with van der Waals surface area (Å²) in [5.41, 5.74) is 0.0883. The van der Waals surface area contributed by atoms with E-state index in [4.69, 9.17) is 4.52 Å². The monoisotopic (exact) mass is 226 g/mol. The predicted molar refractivity (Wildman–Crippen MR) is 59.1 cm³/mol. The summed E-state index contributed by atoms with van der Waals surface area (Å²) >= 11 is 0. The summed E-state index contributed by atoms with van der Waals surface area (Å²) < 4.78 is 4.86. The summed E-state index contributed by atoms with van der Waals surface area (Å²) in [5, 5.41) is 15.7. The maximum Gasteiger partial charge on any atom is 0.290 e. The van der Waals surface area contributed by atoms with E-state index in [2.05, 4.69) is 10.5 Å². The molecule has 0 aliphatic heterocycles. The van der Waals surface area contributed by atoms with Gasteiger partial charge in [-0.2, -0.15) is 0 Å². The quantitative estimate of drug-likeness (QED) is 0.792. The van der Waals surface area contributed by atoms with Gasteiger partial charge in [0.1, 0.15) is 0 Å². The van der Waals surface area contributed by atoms with Crippen molar-refractivity contribution in [3.8, 4) is 0 Å². The molecule has 0 aromatic carbocycles. The van der Waals surface area contributed by atoms with Crippen LogP contribution in [0.3, 0.4) is 0 Å². The Bertz CT molecular complexity index is 348. The van der Waals surface area contributed by atoms with Crippen molar-refractivity contribution >= 4 is 5.91 Å². The lowest BCUT2D eigenvalue weighted by Gasteiger charge is -2.30. The molecule has 5 nitrogen and oxygen atoms in total. The minimum atomic E-state index is -0.572. The Kier molecular flexibility index (Phi) is 4.06. The van der Waals surface area contributed by atoms with Crippen LogP contribution < -0.4 is 5.32 Å². The Morgan fingerprint density at radius 1 is 1.56 bits per heavy atom. The molecular formula is C11H18N2O3. The molecule has 1 heterocycles. The molecule has 0 unspecified atom stereocenters. The molecule has 90 valence electrons. The van der Waals surface area contributed by atoms with Crippen LogP contribution in [0.4, 0.5) is 0 Å². The zero-order valence-electron chi connectivity index (χ0n) is 9.91. The van der Waals surface area contributed by atoms with Gasteiger partial charge in [-0.3, -0.25) is 4.79 Å². The van der Waals surface area contributed by atoms with E-state index in [0.717, 1.165) is 0 Å². The van der Waals surface area contributed by atoms with E-state index in [-0.39, 0.29) is 18.3 Å². The van der Waals surface area contributed by atoms with E-state index in [1.165, 1.54) is 0 Å². The number of nitrogens with one attached hydrogen (secondary N) is 1. The Labute approximate surface area is 94.8 Å². The number of carbonyl (C=O) groups is 1. The summed E-state index contributed by atoms with van der Waals surface area (Å²) in [6, 6.07) is 1.57. The Hall–Kier alpha value is -1.36. The molecule has 0 atom stereocenters. The number of carbonyl (C=O) groups excluding carboxylic acids is 1. The summed E-state index contributed by atoms with van der Waals surface area (Å²) in [5.74, 6) is -0.157. The molecule has 2 N–H and O–H groups in total. The van der Waals surface area contributed by atoms with E-state index in [9.17, 15) is 9.90 Å². The van der Waals surface area contributed by atoms with Crippen molar-refractivity contribution in [2.45, 2.75) is 39.2 Å². The van der Waals surface area contributed by atoms with Crippen LogP contribution >= 0.6 is 0 Å². The third-order valence-corrected chi connectivity index (χ3v) is 2.89. The Balaban J connectivity index is 2.76. The van der Waals surface area contributed by atoms with Crippen molar-refractivity contribution in [1.82, 2.24) is 10.5 Å². The molecule has 1 aromatic heterocycles. The van der Waals surface area contributed by atoms with E-state index in [1.807, 2.05) is 13.8 Å². The lowest BCUT2D eigenvalue weighted by Crippen LogP contribution is -2.50. The third kappa shape index (κ3) is 2.61. The fourth-order valence-electron chi connectivity index (χ4n) is 1.46. The number of hydrogen-bond acceptors (Lipinski definition) is 4. The molecular weight excluding hydrogens is 208 g/mol. The minimum Gasteiger partial charge on any atom is -0.394 e. The zero-order chi connectivity index (χ0) is 12.2. The number of nitrogens with zero attached hydrogens (tertiary/aromatic N) is 1. The largest absolute Gasteiger partial charge is 0.394 e. The van der Waals surface area contributed by atoms with Crippen LogP contribution in [0.5, 0.6) is 0 Å². The third-order valence-electron chi connectivity index (χ3n) is 2.89. The van der Waals surface area contributed by atoms with Gasteiger partial charge in [-0.1, -0.05) is 19.0 Å². The van der Waals surface area contributed by atoms with Crippen molar-refractivity contribution in [3.63, 3.8) is 0 Å². The van der Waals surface area contributed by atoms with Crippen LogP contribution in [0.15, 0.2) is 10.6 Å². The van der Waals surface area contributed by atoms with Crippen molar-refractivity contribution < 1.29 is 14.4 Å². The second kappa shape index (κ2) is 5.12. The van der Waals surface area contributed by atoms with Gasteiger partial charge >= 0.3 is 0 Å². The summed E-state index contributed by atoms with van der Waals surface area (Å²) in [6.07, 6.45) is 1.33. The smallest absolute Gasteiger partial charge is 0.290 e. The molecule has 0 aliphatic carbocycles. The predicted octanol–water partition coefficient (Wildman–Crippen LogP) is 1.26. The first-order valence-electron chi connectivity index (χ1n) is 5.43.